The minimum Gasteiger partial charge on any atom is -0.380 e. The first-order valence-electron chi connectivity index (χ1n) is 8.06. The fourth-order valence-corrected chi connectivity index (χ4v) is 2.77. The number of benzene rings is 2. The standard InChI is InChI=1S/C20H21N3O2/c1-23-19(24)12-18(22-20(23)21)11-14-5-3-7-16(9-14)17-8-4-6-15(10-17)13-25-2/h3-10,12H,11,13H2,1-2H3,(H2,21,22). The number of methoxy groups -OCH3 is 1. The molecule has 0 amide bonds. The Hall–Kier alpha value is -2.92. The van der Waals surface area contributed by atoms with Gasteiger partial charge in [0.1, 0.15) is 0 Å². The van der Waals surface area contributed by atoms with Gasteiger partial charge in [0, 0.05) is 26.6 Å². The third-order valence-corrected chi connectivity index (χ3v) is 4.11. The van der Waals surface area contributed by atoms with Crippen LogP contribution < -0.4 is 11.3 Å². The van der Waals surface area contributed by atoms with Gasteiger partial charge in [0.2, 0.25) is 5.95 Å². The lowest BCUT2D eigenvalue weighted by molar-refractivity contribution is 0.185. The van der Waals surface area contributed by atoms with Crippen molar-refractivity contribution in [3.8, 4) is 11.1 Å². The molecule has 0 unspecified atom stereocenters. The molecule has 128 valence electrons. The maximum atomic E-state index is 11.9. The summed E-state index contributed by atoms with van der Waals surface area (Å²) in [5, 5.41) is 0. The summed E-state index contributed by atoms with van der Waals surface area (Å²) in [4.78, 5) is 16.2. The highest BCUT2D eigenvalue weighted by Gasteiger charge is 2.06. The Balaban J connectivity index is 1.89. The maximum absolute atomic E-state index is 11.9. The molecule has 0 aliphatic carbocycles. The predicted octanol–water partition coefficient (Wildman–Crippen LogP) is 2.77. The van der Waals surface area contributed by atoms with Crippen LogP contribution in [0.15, 0.2) is 59.4 Å². The van der Waals surface area contributed by atoms with Crippen molar-refractivity contribution >= 4 is 5.95 Å². The Labute approximate surface area is 146 Å². The van der Waals surface area contributed by atoms with Gasteiger partial charge in [0.25, 0.3) is 5.56 Å². The highest BCUT2D eigenvalue weighted by atomic mass is 16.5. The number of aromatic nitrogens is 2. The van der Waals surface area contributed by atoms with Crippen LogP contribution in [0.1, 0.15) is 16.8 Å². The summed E-state index contributed by atoms with van der Waals surface area (Å²) < 4.78 is 6.54. The lowest BCUT2D eigenvalue weighted by Crippen LogP contribution is -2.21. The van der Waals surface area contributed by atoms with Gasteiger partial charge in [-0.25, -0.2) is 4.98 Å². The van der Waals surface area contributed by atoms with Crippen LogP contribution in [0.5, 0.6) is 0 Å². The SMILES string of the molecule is COCc1cccc(-c2cccc(Cc3cc(=O)n(C)c(N)n3)c2)c1. The van der Waals surface area contributed by atoms with E-state index in [1.165, 1.54) is 10.6 Å². The van der Waals surface area contributed by atoms with Gasteiger partial charge in [0.15, 0.2) is 0 Å². The molecule has 3 aromatic rings. The Morgan fingerprint density at radius 3 is 2.32 bits per heavy atom. The molecule has 2 aromatic carbocycles. The largest absolute Gasteiger partial charge is 0.380 e. The van der Waals surface area contributed by atoms with Crippen molar-refractivity contribution < 1.29 is 4.74 Å². The van der Waals surface area contributed by atoms with E-state index >= 15 is 0 Å². The van der Waals surface area contributed by atoms with Gasteiger partial charge in [-0.05, 0) is 28.3 Å². The van der Waals surface area contributed by atoms with E-state index in [9.17, 15) is 4.79 Å². The second kappa shape index (κ2) is 7.32. The molecular weight excluding hydrogens is 314 g/mol. The van der Waals surface area contributed by atoms with Crippen LogP contribution in [0.4, 0.5) is 5.95 Å². The summed E-state index contributed by atoms with van der Waals surface area (Å²) in [7, 11) is 3.30. The molecule has 0 atom stereocenters. The summed E-state index contributed by atoms with van der Waals surface area (Å²) in [6, 6.07) is 18.0. The van der Waals surface area contributed by atoms with Crippen molar-refractivity contribution in [2.24, 2.45) is 7.05 Å². The van der Waals surface area contributed by atoms with E-state index in [2.05, 4.69) is 29.2 Å². The van der Waals surface area contributed by atoms with Crippen molar-refractivity contribution in [2.45, 2.75) is 13.0 Å². The number of nitrogens with two attached hydrogens (primary N) is 1. The number of hydrogen-bond donors (Lipinski definition) is 1. The fraction of sp³-hybridized carbons (Fsp3) is 0.200. The number of hydrogen-bond acceptors (Lipinski definition) is 4. The molecule has 0 radical (unpaired) electrons. The molecule has 3 rings (SSSR count). The van der Waals surface area contributed by atoms with E-state index in [0.717, 1.165) is 22.3 Å². The topological polar surface area (TPSA) is 70.1 Å². The Morgan fingerprint density at radius 2 is 1.68 bits per heavy atom. The second-order valence-corrected chi connectivity index (χ2v) is 6.01. The van der Waals surface area contributed by atoms with Crippen LogP contribution in [0.25, 0.3) is 11.1 Å². The van der Waals surface area contributed by atoms with Gasteiger partial charge in [0.05, 0.1) is 12.3 Å². The summed E-state index contributed by atoms with van der Waals surface area (Å²) in [6.07, 6.45) is 0.561. The normalized spacial score (nSPS) is 10.8. The first-order chi connectivity index (χ1) is 12.1. The number of nitrogen functional groups attached to an aromatic ring is 1. The van der Waals surface area contributed by atoms with Crippen LogP contribution in [0, 0.1) is 0 Å². The Morgan fingerprint density at radius 1 is 1.04 bits per heavy atom. The smallest absolute Gasteiger partial charge is 0.254 e. The molecule has 0 bridgehead atoms. The molecule has 2 N–H and O–H groups in total. The number of ether oxygens (including phenoxy) is 1. The number of nitrogens with zero attached hydrogens (tertiary/aromatic N) is 2. The van der Waals surface area contributed by atoms with Gasteiger partial charge in [-0.2, -0.15) is 0 Å². The van der Waals surface area contributed by atoms with Crippen LogP contribution >= 0.6 is 0 Å². The number of rotatable bonds is 5. The molecule has 0 fully saturated rings. The van der Waals surface area contributed by atoms with Gasteiger partial charge in [-0.3, -0.25) is 9.36 Å². The second-order valence-electron chi connectivity index (χ2n) is 6.01. The highest BCUT2D eigenvalue weighted by Crippen LogP contribution is 2.23. The third-order valence-electron chi connectivity index (χ3n) is 4.11. The average Bonchev–Trinajstić information content (AvgIpc) is 2.60. The summed E-state index contributed by atoms with van der Waals surface area (Å²) in [5.74, 6) is 0.228. The lowest BCUT2D eigenvalue weighted by Gasteiger charge is -2.09. The van der Waals surface area contributed by atoms with E-state index < -0.39 is 0 Å². The first kappa shape index (κ1) is 16.9. The fourth-order valence-electron chi connectivity index (χ4n) is 2.77. The van der Waals surface area contributed by atoms with Crippen LogP contribution in [-0.4, -0.2) is 16.7 Å². The minimum absolute atomic E-state index is 0.147. The van der Waals surface area contributed by atoms with Crippen molar-refractivity contribution in [1.82, 2.24) is 9.55 Å². The molecule has 5 nitrogen and oxygen atoms in total. The molecule has 0 saturated heterocycles. The van der Waals surface area contributed by atoms with Gasteiger partial charge < -0.3 is 10.5 Å². The first-order valence-corrected chi connectivity index (χ1v) is 8.06. The molecule has 0 aliphatic heterocycles. The molecular formula is C20H21N3O2. The van der Waals surface area contributed by atoms with E-state index in [1.807, 2.05) is 24.3 Å². The van der Waals surface area contributed by atoms with E-state index in [4.69, 9.17) is 10.5 Å². The zero-order valence-electron chi connectivity index (χ0n) is 14.4. The predicted molar refractivity (Wildman–Crippen MR) is 99.3 cm³/mol. The van der Waals surface area contributed by atoms with Gasteiger partial charge in [-0.15, -0.1) is 0 Å². The maximum Gasteiger partial charge on any atom is 0.254 e. The summed E-state index contributed by atoms with van der Waals surface area (Å²) in [5.41, 5.74) is 10.8. The number of anilines is 1. The minimum atomic E-state index is -0.147. The lowest BCUT2D eigenvalue weighted by atomic mass is 9.99. The van der Waals surface area contributed by atoms with E-state index in [-0.39, 0.29) is 11.5 Å². The molecule has 1 heterocycles. The van der Waals surface area contributed by atoms with E-state index in [1.54, 1.807) is 14.2 Å². The quantitative estimate of drug-likeness (QED) is 0.778. The van der Waals surface area contributed by atoms with Crippen molar-refractivity contribution in [3.05, 3.63) is 81.8 Å². The molecule has 0 spiro atoms. The van der Waals surface area contributed by atoms with Crippen molar-refractivity contribution in [3.63, 3.8) is 0 Å². The van der Waals surface area contributed by atoms with Crippen LogP contribution in [-0.2, 0) is 24.8 Å². The van der Waals surface area contributed by atoms with Crippen LogP contribution in [0.2, 0.25) is 0 Å². The summed E-state index contributed by atoms with van der Waals surface area (Å²) >= 11 is 0. The average molecular weight is 335 g/mol. The van der Waals surface area contributed by atoms with E-state index in [0.29, 0.717) is 18.7 Å². The van der Waals surface area contributed by atoms with Gasteiger partial charge >= 0.3 is 0 Å². The highest BCUT2D eigenvalue weighted by molar-refractivity contribution is 5.65. The van der Waals surface area contributed by atoms with Crippen LogP contribution in [0.3, 0.4) is 0 Å². The van der Waals surface area contributed by atoms with Crippen molar-refractivity contribution in [2.75, 3.05) is 12.8 Å². The Kier molecular flexibility index (Phi) is 4.95. The molecule has 5 heteroatoms. The zero-order valence-corrected chi connectivity index (χ0v) is 14.4. The van der Waals surface area contributed by atoms with Gasteiger partial charge in [-0.1, -0.05) is 42.5 Å². The zero-order chi connectivity index (χ0) is 17.8. The summed E-state index contributed by atoms with van der Waals surface area (Å²) in [6.45, 7) is 0.587. The molecule has 1 aromatic heterocycles. The monoisotopic (exact) mass is 335 g/mol. The molecule has 25 heavy (non-hydrogen) atoms. The molecule has 0 aliphatic rings. The molecule has 0 saturated carbocycles. The third kappa shape index (κ3) is 3.95. The Bertz CT molecular complexity index is 948. The van der Waals surface area contributed by atoms with Crippen molar-refractivity contribution in [1.29, 1.82) is 0 Å².